The number of hydrogen-bond donors (Lipinski definition) is 3. The maximum atomic E-state index is 9.88. The molecule has 0 bridgehead atoms. The highest BCUT2D eigenvalue weighted by Crippen LogP contribution is 2.24. The lowest BCUT2D eigenvalue weighted by atomic mass is 9.91. The first kappa shape index (κ1) is 27.8. The van der Waals surface area contributed by atoms with Crippen LogP contribution in [0.1, 0.15) is 98.8 Å². The molecular weight excluding hydrogens is 380 g/mol. The zero-order valence-electron chi connectivity index (χ0n) is 20.3. The Balaban J connectivity index is 2.02. The highest BCUT2D eigenvalue weighted by Gasteiger charge is 2.42. The summed E-state index contributed by atoms with van der Waals surface area (Å²) < 4.78 is 10.9. The van der Waals surface area contributed by atoms with Crippen LogP contribution in [0.3, 0.4) is 0 Å². The van der Waals surface area contributed by atoms with Gasteiger partial charge < -0.3 is 24.8 Å². The number of aliphatic hydroxyl groups excluding tert-OH is 3. The molecule has 0 saturated carbocycles. The van der Waals surface area contributed by atoms with E-state index in [9.17, 15) is 10.2 Å². The molecule has 1 aliphatic rings. The molecule has 1 aliphatic heterocycles. The minimum atomic E-state index is -1.09. The van der Waals surface area contributed by atoms with Crippen LogP contribution in [0.25, 0.3) is 0 Å². The maximum Gasteiger partial charge on any atom is 0.186 e. The van der Waals surface area contributed by atoms with Gasteiger partial charge in [-0.1, -0.05) is 92.4 Å². The lowest BCUT2D eigenvalue weighted by Gasteiger charge is -2.18. The molecule has 5 heteroatoms. The third-order valence-corrected chi connectivity index (χ3v) is 6.66. The van der Waals surface area contributed by atoms with Gasteiger partial charge in [-0.05, 0) is 30.1 Å². The Kier molecular flexibility index (Phi) is 14.5. The van der Waals surface area contributed by atoms with Crippen molar-refractivity contribution in [3.63, 3.8) is 0 Å². The fraction of sp³-hybridized carbons (Fsp3) is 1.00. The molecule has 3 unspecified atom stereocenters. The van der Waals surface area contributed by atoms with Crippen molar-refractivity contribution in [2.45, 2.75) is 123 Å². The third kappa shape index (κ3) is 11.4. The summed E-state index contributed by atoms with van der Waals surface area (Å²) in [6.07, 6.45) is 9.09. The van der Waals surface area contributed by atoms with Gasteiger partial charge in [0.2, 0.25) is 0 Å². The second kappa shape index (κ2) is 15.6. The van der Waals surface area contributed by atoms with Gasteiger partial charge in [0.05, 0.1) is 13.2 Å². The van der Waals surface area contributed by atoms with Crippen LogP contribution in [0, 0.1) is 23.7 Å². The summed E-state index contributed by atoms with van der Waals surface area (Å²) in [5.74, 6) is 3.07. The van der Waals surface area contributed by atoms with Crippen molar-refractivity contribution >= 4 is 0 Å². The first-order chi connectivity index (χ1) is 14.2. The number of aliphatic hydroxyl groups is 3. The predicted octanol–water partition coefficient (Wildman–Crippen LogP) is 4.91. The Morgan fingerprint density at radius 3 is 1.60 bits per heavy atom. The number of rotatable bonds is 17. The molecule has 7 atom stereocenters. The highest BCUT2D eigenvalue weighted by atomic mass is 16.7. The normalized spacial score (nSPS) is 27.5. The van der Waals surface area contributed by atoms with Crippen molar-refractivity contribution in [2.75, 3.05) is 13.2 Å². The SMILES string of the molecule is CC(C)CCCC(C)CCCC(C)CCCC(C)CCO[C@@H]1O[C@H](CO)[C@H](O)[C@H]1O. The van der Waals surface area contributed by atoms with Gasteiger partial charge in [0, 0.05) is 0 Å². The van der Waals surface area contributed by atoms with Crippen LogP contribution in [0.2, 0.25) is 0 Å². The van der Waals surface area contributed by atoms with E-state index in [1.54, 1.807) is 0 Å². The number of hydrogen-bond acceptors (Lipinski definition) is 5. The van der Waals surface area contributed by atoms with E-state index in [1.165, 1.54) is 57.8 Å². The van der Waals surface area contributed by atoms with E-state index in [1.807, 2.05) is 0 Å². The second-order valence-electron chi connectivity index (χ2n) is 10.4. The van der Waals surface area contributed by atoms with E-state index in [4.69, 9.17) is 14.6 Å². The van der Waals surface area contributed by atoms with E-state index in [0.29, 0.717) is 12.5 Å². The molecule has 1 saturated heterocycles. The van der Waals surface area contributed by atoms with Gasteiger partial charge in [0.1, 0.15) is 18.3 Å². The van der Waals surface area contributed by atoms with Gasteiger partial charge >= 0.3 is 0 Å². The van der Waals surface area contributed by atoms with Crippen molar-refractivity contribution in [3.05, 3.63) is 0 Å². The van der Waals surface area contributed by atoms with Gasteiger partial charge in [-0.3, -0.25) is 0 Å². The van der Waals surface area contributed by atoms with Gasteiger partial charge in [-0.25, -0.2) is 0 Å². The van der Waals surface area contributed by atoms with Gasteiger partial charge in [0.25, 0.3) is 0 Å². The van der Waals surface area contributed by atoms with Crippen LogP contribution in [0.5, 0.6) is 0 Å². The molecule has 30 heavy (non-hydrogen) atoms. The average molecular weight is 431 g/mol. The summed E-state index contributed by atoms with van der Waals surface area (Å²) in [5.41, 5.74) is 0. The van der Waals surface area contributed by atoms with Crippen LogP contribution < -0.4 is 0 Å². The zero-order valence-corrected chi connectivity index (χ0v) is 20.3. The summed E-state index contributed by atoms with van der Waals surface area (Å²) in [6.45, 7) is 11.8. The summed E-state index contributed by atoms with van der Waals surface area (Å²) in [6, 6.07) is 0. The summed E-state index contributed by atoms with van der Waals surface area (Å²) in [7, 11) is 0. The largest absolute Gasteiger partial charge is 0.394 e. The second-order valence-corrected chi connectivity index (χ2v) is 10.4. The summed E-state index contributed by atoms with van der Waals surface area (Å²) in [5, 5.41) is 28.7. The first-order valence-electron chi connectivity index (χ1n) is 12.5. The van der Waals surface area contributed by atoms with Crippen molar-refractivity contribution < 1.29 is 24.8 Å². The van der Waals surface area contributed by atoms with E-state index >= 15 is 0 Å². The molecule has 0 amide bonds. The maximum absolute atomic E-state index is 9.88. The van der Waals surface area contributed by atoms with E-state index in [-0.39, 0.29) is 6.61 Å². The summed E-state index contributed by atoms with van der Waals surface area (Å²) in [4.78, 5) is 0. The molecule has 5 nitrogen and oxygen atoms in total. The predicted molar refractivity (Wildman–Crippen MR) is 122 cm³/mol. The zero-order chi connectivity index (χ0) is 22.5. The van der Waals surface area contributed by atoms with Crippen LogP contribution >= 0.6 is 0 Å². The Morgan fingerprint density at radius 2 is 1.17 bits per heavy atom. The molecule has 1 rings (SSSR count). The molecule has 3 N–H and O–H groups in total. The fourth-order valence-electron chi connectivity index (χ4n) is 4.33. The van der Waals surface area contributed by atoms with Crippen LogP contribution in [0.15, 0.2) is 0 Å². The van der Waals surface area contributed by atoms with Gasteiger partial charge in [-0.2, -0.15) is 0 Å². The molecule has 0 radical (unpaired) electrons. The highest BCUT2D eigenvalue weighted by molar-refractivity contribution is 4.86. The number of ether oxygens (including phenoxy) is 2. The van der Waals surface area contributed by atoms with Crippen LogP contribution in [-0.2, 0) is 9.47 Å². The minimum Gasteiger partial charge on any atom is -0.394 e. The molecule has 0 aliphatic carbocycles. The molecule has 0 aromatic heterocycles. The van der Waals surface area contributed by atoms with Gasteiger partial charge in [0.15, 0.2) is 6.29 Å². The van der Waals surface area contributed by atoms with Crippen LogP contribution in [-0.4, -0.2) is 53.1 Å². The van der Waals surface area contributed by atoms with Crippen molar-refractivity contribution in [2.24, 2.45) is 23.7 Å². The molecule has 0 aromatic rings. The van der Waals surface area contributed by atoms with Gasteiger partial charge in [-0.15, -0.1) is 0 Å². The standard InChI is InChI=1S/C25H50O5/c1-18(2)9-6-10-19(3)11-7-12-20(4)13-8-14-21(5)15-16-29-25-24(28)23(27)22(17-26)30-25/h18-28H,6-17H2,1-5H3/t19?,20?,21?,22-,23+,24-,25-/m1/s1. The van der Waals surface area contributed by atoms with Crippen molar-refractivity contribution in [3.8, 4) is 0 Å². The molecule has 180 valence electrons. The van der Waals surface area contributed by atoms with Crippen molar-refractivity contribution in [1.82, 2.24) is 0 Å². The monoisotopic (exact) mass is 430 g/mol. The molecule has 0 aromatic carbocycles. The fourth-order valence-corrected chi connectivity index (χ4v) is 4.33. The summed E-state index contributed by atoms with van der Waals surface area (Å²) >= 11 is 0. The molecule has 1 fully saturated rings. The van der Waals surface area contributed by atoms with Crippen molar-refractivity contribution in [1.29, 1.82) is 0 Å². The van der Waals surface area contributed by atoms with E-state index in [2.05, 4.69) is 34.6 Å². The minimum absolute atomic E-state index is 0.316. The Morgan fingerprint density at radius 1 is 0.700 bits per heavy atom. The lowest BCUT2D eigenvalue weighted by Crippen LogP contribution is -2.34. The Labute approximate surface area is 185 Å². The first-order valence-corrected chi connectivity index (χ1v) is 12.5. The quantitative estimate of drug-likeness (QED) is 0.306. The lowest BCUT2D eigenvalue weighted by molar-refractivity contribution is -0.170. The van der Waals surface area contributed by atoms with E-state index in [0.717, 1.165) is 24.2 Å². The van der Waals surface area contributed by atoms with Crippen LogP contribution in [0.4, 0.5) is 0 Å². The Hall–Kier alpha value is -0.200. The molecule has 0 spiro atoms. The third-order valence-electron chi connectivity index (χ3n) is 6.66. The Bertz CT molecular complexity index is 416. The average Bonchev–Trinajstić information content (AvgIpc) is 2.95. The molecular formula is C25H50O5. The van der Waals surface area contributed by atoms with E-state index < -0.39 is 24.6 Å². The smallest absolute Gasteiger partial charge is 0.186 e. The topological polar surface area (TPSA) is 79.2 Å². The molecule has 1 heterocycles.